The summed E-state index contributed by atoms with van der Waals surface area (Å²) in [5.41, 5.74) is 4.81. The molecule has 0 saturated heterocycles. The smallest absolute Gasteiger partial charge is 0.355 e. The lowest BCUT2D eigenvalue weighted by Crippen LogP contribution is -2.09. The summed E-state index contributed by atoms with van der Waals surface area (Å²) in [6.07, 6.45) is 3.23. The number of hydrogen-bond acceptors (Lipinski definition) is 4. The fourth-order valence-corrected chi connectivity index (χ4v) is 4.29. The van der Waals surface area contributed by atoms with E-state index in [9.17, 15) is 4.79 Å². The van der Waals surface area contributed by atoms with Gasteiger partial charge < -0.3 is 10.1 Å². The lowest BCUT2D eigenvalue weighted by atomic mass is 10.0. The topological polar surface area (TPSA) is 56.2 Å². The predicted octanol–water partition coefficient (Wildman–Crippen LogP) is 6.29. The van der Waals surface area contributed by atoms with Crippen LogP contribution >= 0.6 is 0 Å². The van der Waals surface area contributed by atoms with E-state index in [1.165, 1.54) is 0 Å². The van der Waals surface area contributed by atoms with Gasteiger partial charge in [0.25, 0.3) is 0 Å². The number of esters is 1. The van der Waals surface area contributed by atoms with E-state index in [0.29, 0.717) is 5.70 Å². The summed E-state index contributed by atoms with van der Waals surface area (Å²) >= 11 is 0. The van der Waals surface area contributed by atoms with Crippen molar-refractivity contribution in [3.8, 4) is 16.9 Å². The number of rotatable bonds is 5. The molecule has 4 aromatic carbocycles. The first-order chi connectivity index (χ1) is 16.8. The van der Waals surface area contributed by atoms with Crippen LogP contribution in [-0.4, -0.2) is 15.7 Å². The van der Waals surface area contributed by atoms with Gasteiger partial charge in [-0.1, -0.05) is 84.9 Å². The molecule has 0 radical (unpaired) electrons. The third kappa shape index (κ3) is 3.63. The Bertz CT molecular complexity index is 1520. The van der Waals surface area contributed by atoms with Gasteiger partial charge >= 0.3 is 5.97 Å². The van der Waals surface area contributed by atoms with E-state index in [0.717, 1.165) is 39.0 Å². The minimum atomic E-state index is -0.544. The molecule has 1 unspecified atom stereocenters. The minimum absolute atomic E-state index is 0.385. The number of ether oxygens (including phenoxy) is 1. The number of anilines is 1. The Morgan fingerprint density at radius 1 is 0.794 bits per heavy atom. The van der Waals surface area contributed by atoms with E-state index >= 15 is 0 Å². The Balaban J connectivity index is 1.40. The average molecular weight is 444 g/mol. The van der Waals surface area contributed by atoms with E-state index < -0.39 is 6.10 Å². The summed E-state index contributed by atoms with van der Waals surface area (Å²) in [7, 11) is 0. The van der Waals surface area contributed by atoms with Crippen LogP contribution in [0.2, 0.25) is 0 Å². The summed E-state index contributed by atoms with van der Waals surface area (Å²) in [4.78, 5) is 12.8. The molecule has 0 saturated carbocycles. The Labute approximate surface area is 196 Å². The number of hydrogen-bond donors (Lipinski definition) is 1. The largest absolute Gasteiger partial charge is 0.448 e. The van der Waals surface area contributed by atoms with Crippen molar-refractivity contribution in [2.45, 2.75) is 6.10 Å². The molecular weight excluding hydrogens is 422 g/mol. The fourth-order valence-electron chi connectivity index (χ4n) is 4.29. The maximum absolute atomic E-state index is 12.8. The van der Waals surface area contributed by atoms with Gasteiger partial charge in [-0.15, -0.1) is 0 Å². The predicted molar refractivity (Wildman–Crippen MR) is 133 cm³/mol. The van der Waals surface area contributed by atoms with Gasteiger partial charge in [-0.2, -0.15) is 5.10 Å². The van der Waals surface area contributed by atoms with Crippen molar-refractivity contribution in [3.05, 3.63) is 127 Å². The van der Waals surface area contributed by atoms with Gasteiger partial charge in [-0.05, 0) is 29.7 Å². The number of cyclic esters (lactones) is 1. The quantitative estimate of drug-likeness (QED) is 0.325. The van der Waals surface area contributed by atoms with Gasteiger partial charge in [0.2, 0.25) is 0 Å². The number of carbonyl (C=O) groups is 1. The first-order valence-electron chi connectivity index (χ1n) is 11.1. The van der Waals surface area contributed by atoms with E-state index in [1.54, 1.807) is 0 Å². The van der Waals surface area contributed by atoms with Crippen molar-refractivity contribution in [2.75, 3.05) is 5.32 Å². The molecule has 1 aliphatic rings. The van der Waals surface area contributed by atoms with E-state index in [4.69, 9.17) is 9.84 Å². The van der Waals surface area contributed by atoms with Crippen LogP contribution < -0.4 is 5.32 Å². The van der Waals surface area contributed by atoms with Crippen molar-refractivity contribution < 1.29 is 9.53 Å². The number of aromatic nitrogens is 2. The first-order valence-corrected chi connectivity index (χ1v) is 11.1. The molecule has 6 rings (SSSR count). The summed E-state index contributed by atoms with van der Waals surface area (Å²) < 4.78 is 7.64. The van der Waals surface area contributed by atoms with Gasteiger partial charge in [0, 0.05) is 28.4 Å². The second-order valence-corrected chi connectivity index (χ2v) is 8.14. The maximum Gasteiger partial charge on any atom is 0.355 e. The standard InChI is InChI=1S/C29H21N3O2/c33-29-26(30-25-17-9-13-20-10-7-8-16-23(20)25)18-27(34-29)24-19-32(22-14-5-2-6-15-22)31-28(24)21-11-3-1-4-12-21/h1-19,27,30H. The highest BCUT2D eigenvalue weighted by Gasteiger charge is 2.31. The molecule has 34 heavy (non-hydrogen) atoms. The van der Waals surface area contributed by atoms with Gasteiger partial charge in [-0.3, -0.25) is 0 Å². The third-order valence-electron chi connectivity index (χ3n) is 5.95. The highest BCUT2D eigenvalue weighted by atomic mass is 16.5. The van der Waals surface area contributed by atoms with Crippen LogP contribution in [0.25, 0.3) is 27.7 Å². The molecular formula is C29H21N3O2. The molecule has 1 atom stereocenters. The Kier molecular flexibility index (Phi) is 4.92. The molecule has 5 nitrogen and oxygen atoms in total. The van der Waals surface area contributed by atoms with Crippen LogP contribution in [0.5, 0.6) is 0 Å². The van der Waals surface area contributed by atoms with Gasteiger partial charge in [0.1, 0.15) is 5.70 Å². The summed E-state index contributed by atoms with van der Waals surface area (Å²) in [5.74, 6) is -0.385. The molecule has 0 bridgehead atoms. The molecule has 0 aliphatic carbocycles. The fraction of sp³-hybridized carbons (Fsp3) is 0.0345. The van der Waals surface area contributed by atoms with Gasteiger partial charge in [0.15, 0.2) is 6.10 Å². The second kappa shape index (κ2) is 8.37. The molecule has 0 fully saturated rings. The molecule has 2 heterocycles. The molecule has 0 amide bonds. The van der Waals surface area contributed by atoms with Crippen molar-refractivity contribution in [3.63, 3.8) is 0 Å². The van der Waals surface area contributed by atoms with Crippen LogP contribution in [0.15, 0.2) is 121 Å². The molecule has 164 valence electrons. The van der Waals surface area contributed by atoms with Crippen LogP contribution in [0.3, 0.4) is 0 Å². The van der Waals surface area contributed by atoms with Crippen LogP contribution in [0, 0.1) is 0 Å². The van der Waals surface area contributed by atoms with E-state index in [1.807, 2.05) is 108 Å². The van der Waals surface area contributed by atoms with Crippen molar-refractivity contribution in [1.82, 2.24) is 9.78 Å². The molecule has 0 spiro atoms. The Morgan fingerprint density at radius 3 is 2.32 bits per heavy atom. The molecule has 5 aromatic rings. The Hall–Kier alpha value is -4.64. The van der Waals surface area contributed by atoms with Gasteiger partial charge in [-0.25, -0.2) is 9.48 Å². The molecule has 1 N–H and O–H groups in total. The molecule has 1 aromatic heterocycles. The zero-order valence-corrected chi connectivity index (χ0v) is 18.3. The highest BCUT2D eigenvalue weighted by Crippen LogP contribution is 2.36. The number of para-hydroxylation sites is 1. The van der Waals surface area contributed by atoms with Crippen LogP contribution in [0.1, 0.15) is 11.7 Å². The van der Waals surface area contributed by atoms with E-state index in [2.05, 4.69) is 17.4 Å². The van der Waals surface area contributed by atoms with Crippen molar-refractivity contribution in [1.29, 1.82) is 0 Å². The zero-order valence-electron chi connectivity index (χ0n) is 18.3. The zero-order chi connectivity index (χ0) is 22.9. The normalized spacial score (nSPS) is 15.2. The molecule has 5 heteroatoms. The SMILES string of the molecule is O=C1OC(c2cn(-c3ccccc3)nc2-c2ccccc2)C=C1Nc1cccc2ccccc12. The molecule has 1 aliphatic heterocycles. The number of nitrogens with zero attached hydrogens (tertiary/aromatic N) is 2. The number of benzene rings is 4. The first kappa shape index (κ1) is 20.0. The number of carbonyl (C=O) groups excluding carboxylic acids is 1. The lowest BCUT2D eigenvalue weighted by molar-refractivity contribution is -0.139. The minimum Gasteiger partial charge on any atom is -0.448 e. The maximum atomic E-state index is 12.8. The van der Waals surface area contributed by atoms with E-state index in [-0.39, 0.29) is 5.97 Å². The van der Waals surface area contributed by atoms with Crippen LogP contribution in [0.4, 0.5) is 5.69 Å². The number of fused-ring (bicyclic) bond motifs is 1. The van der Waals surface area contributed by atoms with Crippen LogP contribution in [-0.2, 0) is 9.53 Å². The van der Waals surface area contributed by atoms with Crippen molar-refractivity contribution in [2.24, 2.45) is 0 Å². The lowest BCUT2D eigenvalue weighted by Gasteiger charge is -2.09. The summed E-state index contributed by atoms with van der Waals surface area (Å²) in [6.45, 7) is 0. The second-order valence-electron chi connectivity index (χ2n) is 8.14. The summed E-state index contributed by atoms with van der Waals surface area (Å²) in [6, 6.07) is 33.9. The highest BCUT2D eigenvalue weighted by molar-refractivity contribution is 6.00. The van der Waals surface area contributed by atoms with Gasteiger partial charge in [0.05, 0.1) is 11.4 Å². The average Bonchev–Trinajstić information content (AvgIpc) is 3.49. The van der Waals surface area contributed by atoms with Crippen molar-refractivity contribution >= 4 is 22.4 Å². The Morgan fingerprint density at radius 2 is 1.50 bits per heavy atom. The third-order valence-corrected chi connectivity index (χ3v) is 5.95. The monoisotopic (exact) mass is 443 g/mol. The number of nitrogens with one attached hydrogen (secondary N) is 1. The summed E-state index contributed by atoms with van der Waals surface area (Å²) in [5, 5.41) is 10.3.